The lowest BCUT2D eigenvalue weighted by Crippen LogP contribution is -2.50. The van der Waals surface area contributed by atoms with Gasteiger partial charge in [-0.1, -0.05) is 6.58 Å². The Morgan fingerprint density at radius 2 is 2.21 bits per heavy atom. The molecule has 102 valence electrons. The standard InChI is InChI=1S/C13H19N5O/c1-11(2)16-7-5-13(8-16)4-3-6-17(13)12(19)18-10-14-9-15-18/h9-10H,1,3-8H2,2H3. The molecule has 1 amide bonds. The summed E-state index contributed by atoms with van der Waals surface area (Å²) in [4.78, 5) is 20.6. The van der Waals surface area contributed by atoms with Crippen molar-refractivity contribution in [3.63, 3.8) is 0 Å². The van der Waals surface area contributed by atoms with Gasteiger partial charge in [-0.25, -0.2) is 9.78 Å². The van der Waals surface area contributed by atoms with E-state index in [2.05, 4.69) is 21.6 Å². The molecular formula is C13H19N5O. The fourth-order valence-electron chi connectivity index (χ4n) is 3.27. The highest BCUT2D eigenvalue weighted by Gasteiger charge is 2.48. The summed E-state index contributed by atoms with van der Waals surface area (Å²) in [5.74, 6) is 0. The van der Waals surface area contributed by atoms with Gasteiger partial charge in [-0.15, -0.1) is 0 Å². The van der Waals surface area contributed by atoms with Crippen molar-refractivity contribution in [2.24, 2.45) is 0 Å². The molecule has 0 N–H and O–H groups in total. The molecule has 2 fully saturated rings. The molecule has 6 heteroatoms. The third-order valence-corrected chi connectivity index (χ3v) is 4.31. The third-order valence-electron chi connectivity index (χ3n) is 4.31. The molecule has 3 heterocycles. The van der Waals surface area contributed by atoms with Crippen molar-refractivity contribution in [2.75, 3.05) is 19.6 Å². The SMILES string of the molecule is C=C(C)N1CCC2(CCCN2C(=O)n2cncn2)C1. The lowest BCUT2D eigenvalue weighted by molar-refractivity contribution is 0.148. The molecule has 1 spiro atoms. The quantitative estimate of drug-likeness (QED) is 0.765. The van der Waals surface area contributed by atoms with Crippen LogP contribution in [0.15, 0.2) is 24.9 Å². The molecular weight excluding hydrogens is 242 g/mol. The Morgan fingerprint density at radius 1 is 1.37 bits per heavy atom. The summed E-state index contributed by atoms with van der Waals surface area (Å²) in [6.45, 7) is 8.71. The Morgan fingerprint density at radius 3 is 2.84 bits per heavy atom. The van der Waals surface area contributed by atoms with E-state index in [1.54, 1.807) is 0 Å². The maximum absolute atomic E-state index is 12.5. The number of amides is 1. The minimum atomic E-state index is -0.0569. The first-order chi connectivity index (χ1) is 9.12. The number of hydrogen-bond acceptors (Lipinski definition) is 4. The number of hydrogen-bond donors (Lipinski definition) is 0. The van der Waals surface area contributed by atoms with Crippen molar-refractivity contribution in [2.45, 2.75) is 31.7 Å². The molecule has 6 nitrogen and oxygen atoms in total. The van der Waals surface area contributed by atoms with Crippen molar-refractivity contribution in [1.82, 2.24) is 24.6 Å². The van der Waals surface area contributed by atoms with Gasteiger partial charge in [0.25, 0.3) is 0 Å². The second-order valence-electron chi connectivity index (χ2n) is 5.51. The first-order valence-corrected chi connectivity index (χ1v) is 6.69. The maximum Gasteiger partial charge on any atom is 0.346 e. The Kier molecular flexibility index (Phi) is 2.80. The molecule has 0 aliphatic carbocycles. The summed E-state index contributed by atoms with van der Waals surface area (Å²) in [5, 5.41) is 3.95. The van der Waals surface area contributed by atoms with Crippen LogP contribution in [0.5, 0.6) is 0 Å². The Bertz CT molecular complexity index is 497. The lowest BCUT2D eigenvalue weighted by Gasteiger charge is -2.34. The van der Waals surface area contributed by atoms with E-state index in [0.29, 0.717) is 0 Å². The first-order valence-electron chi connectivity index (χ1n) is 6.69. The topological polar surface area (TPSA) is 54.3 Å². The van der Waals surface area contributed by atoms with Gasteiger partial charge in [-0.2, -0.15) is 9.78 Å². The van der Waals surface area contributed by atoms with Gasteiger partial charge in [0.1, 0.15) is 12.7 Å². The minimum Gasteiger partial charge on any atom is -0.373 e. The zero-order chi connectivity index (χ0) is 13.5. The maximum atomic E-state index is 12.5. The highest BCUT2D eigenvalue weighted by molar-refractivity contribution is 5.77. The summed E-state index contributed by atoms with van der Waals surface area (Å²) in [7, 11) is 0. The second kappa shape index (κ2) is 4.36. The molecule has 1 atom stereocenters. The number of carbonyl (C=O) groups excluding carboxylic acids is 1. The Hall–Kier alpha value is -1.85. The van der Waals surface area contributed by atoms with Gasteiger partial charge in [-0.3, -0.25) is 0 Å². The van der Waals surface area contributed by atoms with Crippen molar-refractivity contribution in [1.29, 1.82) is 0 Å². The zero-order valence-electron chi connectivity index (χ0n) is 11.2. The number of aromatic nitrogens is 3. The second-order valence-corrected chi connectivity index (χ2v) is 5.51. The molecule has 0 bridgehead atoms. The van der Waals surface area contributed by atoms with E-state index in [9.17, 15) is 4.79 Å². The normalized spacial score (nSPS) is 26.4. The molecule has 2 saturated heterocycles. The average Bonchev–Trinajstić information content (AvgIpc) is 3.10. The Balaban J connectivity index is 1.82. The smallest absolute Gasteiger partial charge is 0.346 e. The molecule has 0 saturated carbocycles. The van der Waals surface area contributed by atoms with Gasteiger partial charge in [0.15, 0.2) is 0 Å². The van der Waals surface area contributed by atoms with Crippen molar-refractivity contribution in [3.05, 3.63) is 24.9 Å². The van der Waals surface area contributed by atoms with Crippen LogP contribution in [-0.4, -0.2) is 55.8 Å². The van der Waals surface area contributed by atoms with Gasteiger partial charge >= 0.3 is 6.03 Å². The van der Waals surface area contributed by atoms with Crippen molar-refractivity contribution >= 4 is 6.03 Å². The first kappa shape index (κ1) is 12.2. The summed E-state index contributed by atoms with van der Waals surface area (Å²) in [6.07, 6.45) is 6.01. The van der Waals surface area contributed by atoms with E-state index >= 15 is 0 Å². The average molecular weight is 261 g/mol. The van der Waals surface area contributed by atoms with Gasteiger partial charge in [-0.05, 0) is 26.2 Å². The van der Waals surface area contributed by atoms with Crippen LogP contribution in [0.2, 0.25) is 0 Å². The molecule has 0 aromatic carbocycles. The van der Waals surface area contributed by atoms with E-state index < -0.39 is 0 Å². The number of allylic oxidation sites excluding steroid dienone is 1. The van der Waals surface area contributed by atoms with Crippen LogP contribution >= 0.6 is 0 Å². The van der Waals surface area contributed by atoms with Gasteiger partial charge in [0, 0.05) is 25.3 Å². The van der Waals surface area contributed by atoms with E-state index in [0.717, 1.165) is 44.6 Å². The molecule has 3 rings (SSSR count). The predicted molar refractivity (Wildman–Crippen MR) is 70.5 cm³/mol. The number of rotatable bonds is 1. The van der Waals surface area contributed by atoms with Crippen molar-refractivity contribution < 1.29 is 4.79 Å². The fourth-order valence-corrected chi connectivity index (χ4v) is 3.27. The molecule has 1 unspecified atom stereocenters. The summed E-state index contributed by atoms with van der Waals surface area (Å²) in [6, 6.07) is -0.0569. The number of carbonyl (C=O) groups is 1. The lowest BCUT2D eigenvalue weighted by atomic mass is 9.95. The molecule has 1 aromatic rings. The van der Waals surface area contributed by atoms with E-state index in [1.807, 2.05) is 11.8 Å². The fraction of sp³-hybridized carbons (Fsp3) is 0.615. The van der Waals surface area contributed by atoms with Gasteiger partial charge in [0.05, 0.1) is 5.54 Å². The van der Waals surface area contributed by atoms with Crippen LogP contribution in [0.1, 0.15) is 26.2 Å². The molecule has 1 aromatic heterocycles. The van der Waals surface area contributed by atoms with Crippen LogP contribution < -0.4 is 0 Å². The van der Waals surface area contributed by atoms with E-state index in [-0.39, 0.29) is 11.6 Å². The molecule has 2 aliphatic rings. The van der Waals surface area contributed by atoms with Crippen molar-refractivity contribution in [3.8, 4) is 0 Å². The monoisotopic (exact) mass is 261 g/mol. The van der Waals surface area contributed by atoms with E-state index in [4.69, 9.17) is 0 Å². The highest BCUT2D eigenvalue weighted by Crippen LogP contribution is 2.38. The highest BCUT2D eigenvalue weighted by atomic mass is 16.2. The molecule has 2 aliphatic heterocycles. The summed E-state index contributed by atoms with van der Waals surface area (Å²) >= 11 is 0. The van der Waals surface area contributed by atoms with Gasteiger partial charge in [0.2, 0.25) is 0 Å². The summed E-state index contributed by atoms with van der Waals surface area (Å²) < 4.78 is 1.33. The zero-order valence-corrected chi connectivity index (χ0v) is 11.2. The van der Waals surface area contributed by atoms with Crippen LogP contribution in [0, 0.1) is 0 Å². The number of nitrogens with zero attached hydrogens (tertiary/aromatic N) is 5. The van der Waals surface area contributed by atoms with Gasteiger partial charge < -0.3 is 9.80 Å². The van der Waals surface area contributed by atoms with Crippen LogP contribution in [0.4, 0.5) is 4.79 Å². The number of likely N-dealkylation sites (tertiary alicyclic amines) is 2. The summed E-state index contributed by atoms with van der Waals surface area (Å²) in [5.41, 5.74) is 1.04. The van der Waals surface area contributed by atoms with Crippen LogP contribution in [0.25, 0.3) is 0 Å². The molecule has 19 heavy (non-hydrogen) atoms. The van der Waals surface area contributed by atoms with Crippen LogP contribution in [-0.2, 0) is 0 Å². The van der Waals surface area contributed by atoms with Crippen LogP contribution in [0.3, 0.4) is 0 Å². The largest absolute Gasteiger partial charge is 0.373 e. The Labute approximate surface area is 112 Å². The third kappa shape index (κ3) is 1.91. The minimum absolute atomic E-state index is 0.0397. The molecule has 0 radical (unpaired) electrons. The van der Waals surface area contributed by atoms with E-state index in [1.165, 1.54) is 17.3 Å². The predicted octanol–water partition coefficient (Wildman–Crippen LogP) is 1.32.